The molecule has 0 amide bonds. The summed E-state index contributed by atoms with van der Waals surface area (Å²) < 4.78 is 5.90. The lowest BCUT2D eigenvalue weighted by atomic mass is 9.87. The molecule has 1 aromatic rings. The number of hydrogen-bond donors (Lipinski definition) is 1. The van der Waals surface area contributed by atoms with Crippen LogP contribution in [-0.4, -0.2) is 43.7 Å². The fourth-order valence-corrected chi connectivity index (χ4v) is 2.88. The van der Waals surface area contributed by atoms with Gasteiger partial charge in [0.25, 0.3) is 0 Å². The Morgan fingerprint density at radius 3 is 2.48 bits per heavy atom. The second-order valence-corrected chi connectivity index (χ2v) is 6.90. The van der Waals surface area contributed by atoms with Gasteiger partial charge in [0.2, 0.25) is 0 Å². The van der Waals surface area contributed by atoms with Crippen LogP contribution < -0.4 is 10.1 Å². The average Bonchev–Trinajstić information content (AvgIpc) is 2.97. The van der Waals surface area contributed by atoms with Crippen LogP contribution in [0.2, 0.25) is 0 Å². The zero-order chi connectivity index (χ0) is 15.3. The zero-order valence-corrected chi connectivity index (χ0v) is 14.0. The molecule has 2 rings (SSSR count). The van der Waals surface area contributed by atoms with E-state index in [4.69, 9.17) is 4.74 Å². The lowest BCUT2D eigenvalue weighted by Gasteiger charge is -2.26. The molecule has 3 heteroatoms. The first-order valence-electron chi connectivity index (χ1n) is 8.19. The second kappa shape index (κ2) is 7.28. The Kier molecular flexibility index (Phi) is 5.65. The Bertz CT molecular complexity index is 416. The van der Waals surface area contributed by atoms with Crippen LogP contribution in [0.3, 0.4) is 0 Å². The molecule has 21 heavy (non-hydrogen) atoms. The third-order valence-electron chi connectivity index (χ3n) is 4.32. The Morgan fingerprint density at radius 2 is 1.95 bits per heavy atom. The SMILES string of the molecule is CCN(CCOc1ccc(C(C)(C)C)cc1)C1CCNC1. The van der Waals surface area contributed by atoms with Crippen molar-refractivity contribution in [1.82, 2.24) is 10.2 Å². The van der Waals surface area contributed by atoms with Crippen molar-refractivity contribution in [1.29, 1.82) is 0 Å². The summed E-state index contributed by atoms with van der Waals surface area (Å²) in [5.74, 6) is 0.976. The first-order chi connectivity index (χ1) is 10.0. The highest BCUT2D eigenvalue weighted by Crippen LogP contribution is 2.24. The number of benzene rings is 1. The predicted octanol–water partition coefficient (Wildman–Crippen LogP) is 3.05. The van der Waals surface area contributed by atoms with Crippen molar-refractivity contribution in [2.45, 2.75) is 45.6 Å². The first kappa shape index (κ1) is 16.3. The van der Waals surface area contributed by atoms with Crippen molar-refractivity contribution in [3.8, 4) is 5.75 Å². The molecule has 1 fully saturated rings. The number of nitrogens with one attached hydrogen (secondary N) is 1. The summed E-state index contributed by atoms with van der Waals surface area (Å²) in [6.45, 7) is 14.1. The van der Waals surface area contributed by atoms with Crippen LogP contribution in [0.1, 0.15) is 39.7 Å². The van der Waals surface area contributed by atoms with Gasteiger partial charge in [0.05, 0.1) is 0 Å². The minimum absolute atomic E-state index is 0.201. The normalized spacial score (nSPS) is 19.2. The van der Waals surface area contributed by atoms with Crippen LogP contribution in [0, 0.1) is 0 Å². The van der Waals surface area contributed by atoms with E-state index in [0.29, 0.717) is 6.04 Å². The Labute approximate surface area is 129 Å². The van der Waals surface area contributed by atoms with Gasteiger partial charge in [0, 0.05) is 19.1 Å². The second-order valence-electron chi connectivity index (χ2n) is 6.90. The van der Waals surface area contributed by atoms with Gasteiger partial charge < -0.3 is 10.1 Å². The molecular weight excluding hydrogens is 260 g/mol. The van der Waals surface area contributed by atoms with Crippen LogP contribution in [0.15, 0.2) is 24.3 Å². The molecule has 1 aromatic carbocycles. The molecule has 118 valence electrons. The lowest BCUT2D eigenvalue weighted by molar-refractivity contribution is 0.174. The van der Waals surface area contributed by atoms with Crippen LogP contribution in [0.4, 0.5) is 0 Å². The van der Waals surface area contributed by atoms with E-state index in [9.17, 15) is 0 Å². The molecule has 1 saturated heterocycles. The molecular formula is C18H30N2O. The van der Waals surface area contributed by atoms with E-state index in [1.165, 1.54) is 12.0 Å². The topological polar surface area (TPSA) is 24.5 Å². The average molecular weight is 290 g/mol. The molecule has 1 atom stereocenters. The van der Waals surface area contributed by atoms with Crippen molar-refractivity contribution in [3.63, 3.8) is 0 Å². The molecule has 1 unspecified atom stereocenters. The maximum Gasteiger partial charge on any atom is 0.119 e. The van der Waals surface area contributed by atoms with Crippen molar-refractivity contribution < 1.29 is 4.74 Å². The van der Waals surface area contributed by atoms with Crippen LogP contribution >= 0.6 is 0 Å². The summed E-state index contributed by atoms with van der Waals surface area (Å²) in [6, 6.07) is 9.21. The molecule has 0 aliphatic carbocycles. The summed E-state index contributed by atoms with van der Waals surface area (Å²) in [5.41, 5.74) is 1.55. The standard InChI is InChI=1S/C18H30N2O/c1-5-20(16-10-11-19-14-16)12-13-21-17-8-6-15(7-9-17)18(2,3)4/h6-9,16,19H,5,10-14H2,1-4H3. The van der Waals surface area contributed by atoms with E-state index in [-0.39, 0.29) is 5.41 Å². The van der Waals surface area contributed by atoms with E-state index < -0.39 is 0 Å². The molecule has 0 saturated carbocycles. The van der Waals surface area contributed by atoms with Crippen molar-refractivity contribution in [2.75, 3.05) is 32.8 Å². The van der Waals surface area contributed by atoms with Gasteiger partial charge in [-0.15, -0.1) is 0 Å². The fraction of sp³-hybridized carbons (Fsp3) is 0.667. The summed E-state index contributed by atoms with van der Waals surface area (Å²) in [4.78, 5) is 2.52. The minimum Gasteiger partial charge on any atom is -0.492 e. The quantitative estimate of drug-likeness (QED) is 0.871. The Hall–Kier alpha value is -1.06. The summed E-state index contributed by atoms with van der Waals surface area (Å²) in [6.07, 6.45) is 1.26. The van der Waals surface area contributed by atoms with E-state index in [0.717, 1.165) is 38.5 Å². The lowest BCUT2D eigenvalue weighted by Crippen LogP contribution is -2.39. The highest BCUT2D eigenvalue weighted by Gasteiger charge is 2.20. The maximum absolute atomic E-state index is 5.90. The molecule has 1 aliphatic heterocycles. The van der Waals surface area contributed by atoms with E-state index in [2.05, 4.69) is 62.2 Å². The maximum atomic E-state index is 5.90. The summed E-state index contributed by atoms with van der Waals surface area (Å²) in [5, 5.41) is 3.43. The molecule has 0 spiro atoms. The fourth-order valence-electron chi connectivity index (χ4n) is 2.88. The van der Waals surface area contributed by atoms with Gasteiger partial charge in [-0.1, -0.05) is 39.8 Å². The zero-order valence-electron chi connectivity index (χ0n) is 14.0. The summed E-state index contributed by atoms with van der Waals surface area (Å²) in [7, 11) is 0. The first-order valence-corrected chi connectivity index (χ1v) is 8.19. The molecule has 1 aliphatic rings. The monoisotopic (exact) mass is 290 g/mol. The third kappa shape index (κ3) is 4.72. The highest BCUT2D eigenvalue weighted by molar-refractivity contribution is 5.31. The number of rotatable bonds is 6. The van der Waals surface area contributed by atoms with Crippen molar-refractivity contribution in [3.05, 3.63) is 29.8 Å². The van der Waals surface area contributed by atoms with Gasteiger partial charge >= 0.3 is 0 Å². The van der Waals surface area contributed by atoms with Gasteiger partial charge in [-0.2, -0.15) is 0 Å². The highest BCUT2D eigenvalue weighted by atomic mass is 16.5. The van der Waals surface area contributed by atoms with Gasteiger partial charge in [0.15, 0.2) is 0 Å². The molecule has 0 radical (unpaired) electrons. The van der Waals surface area contributed by atoms with E-state index in [1.54, 1.807) is 0 Å². The molecule has 1 N–H and O–H groups in total. The molecule has 0 bridgehead atoms. The van der Waals surface area contributed by atoms with Crippen LogP contribution in [0.5, 0.6) is 5.75 Å². The molecule has 3 nitrogen and oxygen atoms in total. The smallest absolute Gasteiger partial charge is 0.119 e. The molecule has 0 aromatic heterocycles. The third-order valence-corrected chi connectivity index (χ3v) is 4.32. The molecule has 1 heterocycles. The number of hydrogen-bond acceptors (Lipinski definition) is 3. The Balaban J connectivity index is 1.79. The Morgan fingerprint density at radius 1 is 1.24 bits per heavy atom. The van der Waals surface area contributed by atoms with E-state index >= 15 is 0 Å². The van der Waals surface area contributed by atoms with E-state index in [1.807, 2.05) is 0 Å². The van der Waals surface area contributed by atoms with Gasteiger partial charge in [0.1, 0.15) is 12.4 Å². The van der Waals surface area contributed by atoms with Gasteiger partial charge in [-0.05, 0) is 42.6 Å². The predicted molar refractivity (Wildman–Crippen MR) is 89.2 cm³/mol. The number of ether oxygens (including phenoxy) is 1. The van der Waals surface area contributed by atoms with Gasteiger partial charge in [-0.25, -0.2) is 0 Å². The number of likely N-dealkylation sites (N-methyl/N-ethyl adjacent to an activating group) is 1. The summed E-state index contributed by atoms with van der Waals surface area (Å²) >= 11 is 0. The van der Waals surface area contributed by atoms with Crippen LogP contribution in [-0.2, 0) is 5.41 Å². The largest absolute Gasteiger partial charge is 0.492 e. The minimum atomic E-state index is 0.201. The van der Waals surface area contributed by atoms with Crippen molar-refractivity contribution in [2.24, 2.45) is 0 Å². The van der Waals surface area contributed by atoms with Crippen molar-refractivity contribution >= 4 is 0 Å². The van der Waals surface area contributed by atoms with Gasteiger partial charge in [-0.3, -0.25) is 4.90 Å². The number of nitrogens with zero attached hydrogens (tertiary/aromatic N) is 1. The van der Waals surface area contributed by atoms with Crippen LogP contribution in [0.25, 0.3) is 0 Å².